The summed E-state index contributed by atoms with van der Waals surface area (Å²) in [4.78, 5) is 27.0. The van der Waals surface area contributed by atoms with E-state index in [0.717, 1.165) is 24.8 Å². The third kappa shape index (κ3) is 4.19. The second-order valence-corrected chi connectivity index (χ2v) is 6.18. The Balaban J connectivity index is 0.00000225. The fourth-order valence-electron chi connectivity index (χ4n) is 3.34. The van der Waals surface area contributed by atoms with Crippen LogP contribution in [0.1, 0.15) is 48.2 Å². The quantitative estimate of drug-likeness (QED) is 0.740. The van der Waals surface area contributed by atoms with Crippen LogP contribution in [0.3, 0.4) is 0 Å². The van der Waals surface area contributed by atoms with Crippen LogP contribution >= 0.6 is 12.4 Å². The van der Waals surface area contributed by atoms with E-state index in [0.29, 0.717) is 11.6 Å². The van der Waals surface area contributed by atoms with E-state index in [9.17, 15) is 14.7 Å². The number of amides is 1. The lowest BCUT2D eigenvalue weighted by Gasteiger charge is -2.22. The first-order chi connectivity index (χ1) is 11.6. The number of fused-ring (bicyclic) bond motifs is 1. The average molecular weight is 369 g/mol. The van der Waals surface area contributed by atoms with Crippen LogP contribution in [0.4, 0.5) is 0 Å². The Kier molecular flexibility index (Phi) is 6.19. The van der Waals surface area contributed by atoms with Crippen LogP contribution in [0.5, 0.6) is 5.75 Å². The first kappa shape index (κ1) is 19.0. The molecule has 1 aliphatic rings. The maximum absolute atomic E-state index is 12.2. The minimum absolute atomic E-state index is 0. The Morgan fingerprint density at radius 3 is 2.68 bits per heavy atom. The Morgan fingerprint density at radius 2 is 2.00 bits per heavy atom. The second kappa shape index (κ2) is 8.15. The van der Waals surface area contributed by atoms with Crippen LogP contribution in [0.2, 0.25) is 0 Å². The number of rotatable bonds is 5. The number of hydrogen-bond acceptors (Lipinski definition) is 5. The summed E-state index contributed by atoms with van der Waals surface area (Å²) in [5, 5.41) is 25.2. The molecule has 1 saturated carbocycles. The minimum Gasteiger partial charge on any atom is -0.505 e. The van der Waals surface area contributed by atoms with Gasteiger partial charge in [-0.3, -0.25) is 9.59 Å². The zero-order valence-electron chi connectivity index (χ0n) is 13.6. The highest BCUT2D eigenvalue weighted by Crippen LogP contribution is 2.30. The summed E-state index contributed by atoms with van der Waals surface area (Å²) in [5.41, 5.74) is 1.28. The lowest BCUT2D eigenvalue weighted by molar-refractivity contribution is -0.135. The largest absolute Gasteiger partial charge is 0.505 e. The number of nitrogens with one attached hydrogen (secondary N) is 1. The van der Waals surface area contributed by atoms with Gasteiger partial charge >= 0.3 is 5.97 Å². The molecule has 25 heavy (non-hydrogen) atoms. The fraction of sp³-hybridized carbons (Fsp3) is 0.500. The van der Waals surface area contributed by atoms with E-state index in [1.54, 1.807) is 6.07 Å². The van der Waals surface area contributed by atoms with E-state index in [2.05, 4.69) is 15.4 Å². The summed E-state index contributed by atoms with van der Waals surface area (Å²) in [7, 11) is 0. The van der Waals surface area contributed by atoms with E-state index in [1.807, 2.05) is 0 Å². The van der Waals surface area contributed by atoms with Crippen molar-refractivity contribution in [3.05, 3.63) is 23.7 Å². The second-order valence-electron chi connectivity index (χ2n) is 6.18. The van der Waals surface area contributed by atoms with Gasteiger partial charge in [0, 0.05) is 5.56 Å². The lowest BCUT2D eigenvalue weighted by atomic mass is 9.85. The number of carbonyl (C=O) groups is 2. The molecule has 1 fully saturated rings. The molecule has 136 valence electrons. The van der Waals surface area contributed by atoms with Crippen molar-refractivity contribution in [1.82, 2.24) is 19.9 Å². The van der Waals surface area contributed by atoms with Crippen molar-refractivity contribution in [1.29, 1.82) is 0 Å². The summed E-state index contributed by atoms with van der Waals surface area (Å²) in [5.74, 6) is -1.53. The summed E-state index contributed by atoms with van der Waals surface area (Å²) in [6.45, 7) is -0.529. The average Bonchev–Trinajstić information content (AvgIpc) is 3.03. The molecular formula is C16H21ClN4O4. The van der Waals surface area contributed by atoms with Gasteiger partial charge in [0.2, 0.25) is 0 Å². The van der Waals surface area contributed by atoms with Gasteiger partial charge in [-0.25, -0.2) is 9.50 Å². The van der Waals surface area contributed by atoms with Crippen LogP contribution in [0, 0.1) is 5.92 Å². The maximum Gasteiger partial charge on any atom is 0.322 e. The van der Waals surface area contributed by atoms with Crippen molar-refractivity contribution >= 4 is 29.9 Å². The highest BCUT2D eigenvalue weighted by Gasteiger charge is 2.22. The zero-order valence-corrected chi connectivity index (χ0v) is 14.5. The summed E-state index contributed by atoms with van der Waals surface area (Å²) >= 11 is 0. The number of hydrogen-bond donors (Lipinski definition) is 3. The Labute approximate surface area is 150 Å². The first-order valence-corrected chi connectivity index (χ1v) is 8.11. The standard InChI is InChI=1S/C16H20N4O4.ClH/c21-12-7-11(6-10-4-2-1-3-5-10)15-18-9-19-20(15)14(12)16(24)17-8-13(22)23;/h7,9-10,21H,1-6,8H2,(H,17,24)(H,22,23);1H. The molecule has 0 aromatic carbocycles. The predicted octanol–water partition coefficient (Wildman–Crippen LogP) is 1.79. The fourth-order valence-corrected chi connectivity index (χ4v) is 3.34. The number of carbonyl (C=O) groups excluding carboxylic acids is 1. The van der Waals surface area contributed by atoms with E-state index >= 15 is 0 Å². The molecule has 1 aliphatic carbocycles. The lowest BCUT2D eigenvalue weighted by Crippen LogP contribution is -2.31. The number of aromatic hydroxyl groups is 1. The maximum atomic E-state index is 12.2. The molecule has 0 unspecified atom stereocenters. The van der Waals surface area contributed by atoms with Crippen LogP contribution in [0.25, 0.3) is 5.65 Å². The topological polar surface area (TPSA) is 117 Å². The normalized spacial score (nSPS) is 14.9. The van der Waals surface area contributed by atoms with Crippen LogP contribution in [0.15, 0.2) is 12.4 Å². The van der Waals surface area contributed by atoms with Crippen molar-refractivity contribution in [2.75, 3.05) is 6.54 Å². The van der Waals surface area contributed by atoms with Crippen LogP contribution in [-0.4, -0.2) is 43.2 Å². The number of pyridine rings is 1. The predicted molar refractivity (Wildman–Crippen MR) is 92.1 cm³/mol. The molecule has 0 atom stereocenters. The molecule has 0 radical (unpaired) electrons. The van der Waals surface area contributed by atoms with Gasteiger partial charge in [0.1, 0.15) is 18.6 Å². The van der Waals surface area contributed by atoms with Crippen molar-refractivity contribution in [2.24, 2.45) is 5.92 Å². The number of aliphatic carboxylic acids is 1. The monoisotopic (exact) mass is 368 g/mol. The van der Waals surface area contributed by atoms with Gasteiger partial charge in [0.15, 0.2) is 11.3 Å². The van der Waals surface area contributed by atoms with Gasteiger partial charge in [-0.1, -0.05) is 32.1 Å². The SMILES string of the molecule is Cl.O=C(O)CNC(=O)c1c(O)cc(CC2CCCCC2)c2ncnn12. The third-order valence-electron chi connectivity index (χ3n) is 4.45. The molecule has 9 heteroatoms. The van der Waals surface area contributed by atoms with Gasteiger partial charge in [-0.15, -0.1) is 12.4 Å². The van der Waals surface area contributed by atoms with Crippen molar-refractivity contribution in [3.8, 4) is 5.75 Å². The molecule has 1 amide bonds. The van der Waals surface area contributed by atoms with E-state index in [4.69, 9.17) is 5.11 Å². The number of aromatic nitrogens is 3. The van der Waals surface area contributed by atoms with Crippen molar-refractivity contribution in [2.45, 2.75) is 38.5 Å². The van der Waals surface area contributed by atoms with Gasteiger partial charge in [0.25, 0.3) is 5.91 Å². The van der Waals surface area contributed by atoms with Gasteiger partial charge in [0.05, 0.1) is 0 Å². The molecule has 0 bridgehead atoms. The number of nitrogens with zero attached hydrogens (tertiary/aromatic N) is 3. The number of carboxylic acids is 1. The summed E-state index contributed by atoms with van der Waals surface area (Å²) in [6, 6.07) is 1.55. The van der Waals surface area contributed by atoms with E-state index in [1.165, 1.54) is 30.1 Å². The van der Waals surface area contributed by atoms with Crippen LogP contribution in [-0.2, 0) is 11.2 Å². The highest BCUT2D eigenvalue weighted by atomic mass is 35.5. The molecule has 3 N–H and O–H groups in total. The molecule has 0 aliphatic heterocycles. The van der Waals surface area contributed by atoms with Gasteiger partial charge in [-0.2, -0.15) is 5.10 Å². The number of carboxylic acid groups (broad SMARTS) is 1. The molecule has 0 spiro atoms. The highest BCUT2D eigenvalue weighted by molar-refractivity contribution is 5.97. The molecule has 2 aromatic rings. The Morgan fingerprint density at radius 1 is 1.28 bits per heavy atom. The molecule has 2 aromatic heterocycles. The smallest absolute Gasteiger partial charge is 0.322 e. The summed E-state index contributed by atoms with van der Waals surface area (Å²) < 4.78 is 1.28. The van der Waals surface area contributed by atoms with E-state index in [-0.39, 0.29) is 23.9 Å². The molecule has 8 nitrogen and oxygen atoms in total. The van der Waals surface area contributed by atoms with Crippen molar-refractivity contribution < 1.29 is 19.8 Å². The van der Waals surface area contributed by atoms with Gasteiger partial charge in [-0.05, 0) is 18.4 Å². The molecular weight excluding hydrogens is 348 g/mol. The molecule has 2 heterocycles. The van der Waals surface area contributed by atoms with Crippen molar-refractivity contribution in [3.63, 3.8) is 0 Å². The Bertz CT molecular complexity index is 771. The molecule has 0 saturated heterocycles. The first-order valence-electron chi connectivity index (χ1n) is 8.11. The Hall–Kier alpha value is -2.35. The minimum atomic E-state index is -1.16. The van der Waals surface area contributed by atoms with Gasteiger partial charge < -0.3 is 15.5 Å². The zero-order chi connectivity index (χ0) is 17.1. The molecule has 3 rings (SSSR count). The van der Waals surface area contributed by atoms with E-state index < -0.39 is 18.4 Å². The summed E-state index contributed by atoms with van der Waals surface area (Å²) in [6.07, 6.45) is 8.12. The third-order valence-corrected chi connectivity index (χ3v) is 4.45. The van der Waals surface area contributed by atoms with Crippen LogP contribution < -0.4 is 5.32 Å². The number of halogens is 1.